The van der Waals surface area contributed by atoms with Gasteiger partial charge in [0.05, 0.1) is 0 Å². The Kier molecular flexibility index (Phi) is 3.60. The summed E-state index contributed by atoms with van der Waals surface area (Å²) in [5, 5.41) is 0. The summed E-state index contributed by atoms with van der Waals surface area (Å²) in [6.45, 7) is 3.51. The number of esters is 1. The summed E-state index contributed by atoms with van der Waals surface area (Å²) in [5.41, 5.74) is -1.16. The van der Waals surface area contributed by atoms with Crippen molar-refractivity contribution in [3.63, 3.8) is 0 Å². The van der Waals surface area contributed by atoms with Gasteiger partial charge in [-0.2, -0.15) is 0 Å². The Morgan fingerprint density at radius 2 is 1.96 bits per heavy atom. The van der Waals surface area contributed by atoms with Crippen molar-refractivity contribution in [3.8, 4) is 0 Å². The number of fused-ring (bicyclic) bond motifs is 5. The van der Waals surface area contributed by atoms with Gasteiger partial charge in [-0.25, -0.2) is 0 Å². The lowest BCUT2D eigenvalue weighted by Gasteiger charge is -2.60. The van der Waals surface area contributed by atoms with Gasteiger partial charge in [0.15, 0.2) is 5.78 Å². The largest absolute Gasteiger partial charge is 0.461 e. The third-order valence-corrected chi connectivity index (χ3v) is 8.25. The van der Waals surface area contributed by atoms with Gasteiger partial charge in [-0.15, -0.1) is 0 Å². The van der Waals surface area contributed by atoms with E-state index in [-0.39, 0.29) is 77.7 Å². The summed E-state index contributed by atoms with van der Waals surface area (Å²) in [5.74, 6) is -0.256. The maximum absolute atomic E-state index is 13.2. The predicted molar refractivity (Wildman–Crippen MR) is 95.3 cm³/mol. The summed E-state index contributed by atoms with van der Waals surface area (Å²) in [7, 11) is 0. The van der Waals surface area contributed by atoms with E-state index in [1.165, 1.54) is 6.92 Å². The average molecular weight is 370 g/mol. The minimum atomic E-state index is -1.16. The molecule has 2 saturated heterocycles. The number of rotatable bonds is 2. The summed E-state index contributed by atoms with van der Waals surface area (Å²) in [6.07, 6.45) is 6.75. The summed E-state index contributed by atoms with van der Waals surface area (Å²) >= 11 is 0. The van der Waals surface area contributed by atoms with E-state index in [0.29, 0.717) is 0 Å². The fourth-order valence-electron chi connectivity index (χ4n) is 7.38. The first kappa shape index (κ1) is 17.3. The highest BCUT2D eigenvalue weighted by molar-refractivity contribution is 6.08. The van der Waals surface area contributed by atoms with Gasteiger partial charge < -0.3 is 9.53 Å². The van der Waals surface area contributed by atoms with Gasteiger partial charge in [0, 0.05) is 24.7 Å². The van der Waals surface area contributed by atoms with Gasteiger partial charge in [-0.3, -0.25) is 14.4 Å². The van der Waals surface area contributed by atoms with Gasteiger partial charge in [0.25, 0.3) is 0 Å². The molecule has 0 radical (unpaired) electrons. The summed E-state index contributed by atoms with van der Waals surface area (Å²) < 4.78 is 5.61. The molecular weight excluding hydrogens is 344 g/mol. The lowest BCUT2D eigenvalue weighted by atomic mass is 9.43. The third kappa shape index (κ3) is 2.11. The second-order valence-corrected chi connectivity index (χ2v) is 9.56. The van der Waals surface area contributed by atoms with Crippen LogP contribution in [0.5, 0.6) is 0 Å². The van der Waals surface area contributed by atoms with Crippen molar-refractivity contribution in [2.45, 2.75) is 52.1 Å². The highest BCUT2D eigenvalue weighted by Crippen LogP contribution is 2.64. The molecule has 1 spiro atoms. The Bertz CT molecular complexity index is 762. The SMILES string of the molecule is CC(=O)CC1C2C(C=CC3C(=O)C(C)CC32)CC2CC3CC(=O)C21C(=O)O3. The average Bonchev–Trinajstić information content (AvgIpc) is 2.88. The standard InChI is InChI=1S/C22H26O5/c1-10-5-16-15(20(10)25)4-3-12-7-13-8-14-9-18(24)22(13,21(26)27-14)17(19(12)16)6-11(2)23/h3-4,10,12-17,19H,5-9H2,1-2H3. The molecule has 27 heavy (non-hydrogen) atoms. The van der Waals surface area contributed by atoms with E-state index in [0.717, 1.165) is 19.3 Å². The van der Waals surface area contributed by atoms with Crippen molar-refractivity contribution in [1.82, 2.24) is 0 Å². The third-order valence-electron chi connectivity index (χ3n) is 8.25. The van der Waals surface area contributed by atoms with E-state index < -0.39 is 11.4 Å². The van der Waals surface area contributed by atoms with Crippen LogP contribution in [0.4, 0.5) is 0 Å². The zero-order chi connectivity index (χ0) is 19.1. The van der Waals surface area contributed by atoms with Crippen molar-refractivity contribution in [3.05, 3.63) is 12.2 Å². The molecule has 144 valence electrons. The molecule has 2 aliphatic heterocycles. The van der Waals surface area contributed by atoms with E-state index in [1.807, 2.05) is 6.92 Å². The van der Waals surface area contributed by atoms with Crippen molar-refractivity contribution < 1.29 is 23.9 Å². The molecule has 4 aliphatic carbocycles. The molecular formula is C22H26O5. The van der Waals surface area contributed by atoms with Crippen LogP contribution in [0.2, 0.25) is 0 Å². The Balaban J connectivity index is 1.65. The molecule has 2 heterocycles. The molecule has 0 aromatic rings. The Labute approximate surface area is 158 Å². The molecule has 0 N–H and O–H groups in total. The molecule has 9 atom stereocenters. The van der Waals surface area contributed by atoms with Crippen LogP contribution in [0.3, 0.4) is 0 Å². The molecule has 9 unspecified atom stereocenters. The van der Waals surface area contributed by atoms with Crippen LogP contribution in [0.15, 0.2) is 12.2 Å². The van der Waals surface area contributed by atoms with Crippen LogP contribution in [-0.4, -0.2) is 29.4 Å². The zero-order valence-electron chi connectivity index (χ0n) is 15.9. The molecule has 5 heteroatoms. The number of ether oxygens (including phenoxy) is 1. The Morgan fingerprint density at radius 3 is 2.67 bits per heavy atom. The monoisotopic (exact) mass is 370 g/mol. The summed E-state index contributed by atoms with van der Waals surface area (Å²) in [6, 6.07) is 0. The quantitative estimate of drug-likeness (QED) is 0.424. The van der Waals surface area contributed by atoms with Crippen molar-refractivity contribution in [2.24, 2.45) is 46.8 Å². The van der Waals surface area contributed by atoms with Crippen LogP contribution in [0.1, 0.15) is 46.0 Å². The smallest absolute Gasteiger partial charge is 0.320 e. The molecule has 5 nitrogen and oxygen atoms in total. The van der Waals surface area contributed by atoms with Crippen LogP contribution >= 0.6 is 0 Å². The van der Waals surface area contributed by atoms with Crippen molar-refractivity contribution in [1.29, 1.82) is 0 Å². The van der Waals surface area contributed by atoms with Gasteiger partial charge in [-0.1, -0.05) is 19.1 Å². The topological polar surface area (TPSA) is 77.5 Å². The Hall–Kier alpha value is -1.78. The lowest BCUT2D eigenvalue weighted by Crippen LogP contribution is -2.67. The lowest BCUT2D eigenvalue weighted by molar-refractivity contribution is -0.213. The Morgan fingerprint density at radius 1 is 1.19 bits per heavy atom. The van der Waals surface area contributed by atoms with Crippen LogP contribution in [-0.2, 0) is 23.9 Å². The van der Waals surface area contributed by atoms with E-state index in [2.05, 4.69) is 12.2 Å². The van der Waals surface area contributed by atoms with E-state index in [1.54, 1.807) is 0 Å². The van der Waals surface area contributed by atoms with Crippen LogP contribution in [0, 0.1) is 46.8 Å². The number of hydrogen-bond acceptors (Lipinski definition) is 5. The number of carbonyl (C=O) groups is 4. The molecule has 0 amide bonds. The molecule has 0 aromatic carbocycles. The molecule has 6 aliphatic rings. The van der Waals surface area contributed by atoms with Gasteiger partial charge in [0.1, 0.15) is 23.1 Å². The number of carbonyl (C=O) groups excluding carboxylic acids is 4. The van der Waals surface area contributed by atoms with Gasteiger partial charge in [-0.05, 0) is 55.8 Å². The van der Waals surface area contributed by atoms with Crippen LogP contribution < -0.4 is 0 Å². The maximum atomic E-state index is 13.2. The number of hydrogen-bond donors (Lipinski definition) is 0. The molecule has 2 bridgehead atoms. The fourth-order valence-corrected chi connectivity index (χ4v) is 7.38. The molecule has 0 aromatic heterocycles. The maximum Gasteiger partial charge on any atom is 0.320 e. The molecule has 3 saturated carbocycles. The van der Waals surface area contributed by atoms with Crippen molar-refractivity contribution >= 4 is 23.3 Å². The number of allylic oxidation sites excluding steroid dienone is 2. The highest BCUT2D eigenvalue weighted by atomic mass is 16.5. The van der Waals surface area contributed by atoms with E-state index in [9.17, 15) is 19.2 Å². The first-order chi connectivity index (χ1) is 12.8. The minimum Gasteiger partial charge on any atom is -0.461 e. The second-order valence-electron chi connectivity index (χ2n) is 9.56. The number of ketones is 3. The van der Waals surface area contributed by atoms with Gasteiger partial charge >= 0.3 is 5.97 Å². The predicted octanol–water partition coefficient (Wildman–Crippen LogP) is 2.52. The number of Topliss-reactive ketones (excluding diaryl/α,β-unsaturated/α-hetero) is 3. The fraction of sp³-hybridized carbons (Fsp3) is 0.727. The second kappa shape index (κ2) is 5.62. The van der Waals surface area contributed by atoms with Crippen LogP contribution in [0.25, 0.3) is 0 Å². The normalized spacial score (nSPS) is 50.1. The van der Waals surface area contributed by atoms with Crippen molar-refractivity contribution in [2.75, 3.05) is 0 Å². The molecule has 5 fully saturated rings. The van der Waals surface area contributed by atoms with E-state index >= 15 is 0 Å². The van der Waals surface area contributed by atoms with E-state index in [4.69, 9.17) is 4.74 Å². The zero-order valence-corrected chi connectivity index (χ0v) is 15.9. The first-order valence-corrected chi connectivity index (χ1v) is 10.3. The van der Waals surface area contributed by atoms with Gasteiger partial charge in [0.2, 0.25) is 0 Å². The first-order valence-electron chi connectivity index (χ1n) is 10.3. The molecule has 6 rings (SSSR count). The minimum absolute atomic E-state index is 0.00125. The summed E-state index contributed by atoms with van der Waals surface area (Å²) in [4.78, 5) is 51.1. The highest BCUT2D eigenvalue weighted by Gasteiger charge is 2.70.